The third kappa shape index (κ3) is 1.81. The van der Waals surface area contributed by atoms with E-state index in [4.69, 9.17) is 0 Å². The van der Waals surface area contributed by atoms with E-state index in [0.29, 0.717) is 0 Å². The first-order valence-electron chi connectivity index (χ1n) is 7.17. The molecule has 106 valence electrons. The third-order valence-corrected chi connectivity index (χ3v) is 4.08. The Morgan fingerprint density at radius 2 is 1.14 bits per heavy atom. The predicted octanol–water partition coefficient (Wildman–Crippen LogP) is 5.07. The highest BCUT2D eigenvalue weighted by molar-refractivity contribution is 6.08. The van der Waals surface area contributed by atoms with Crippen LogP contribution in [0.3, 0.4) is 0 Å². The van der Waals surface area contributed by atoms with E-state index >= 15 is 0 Å². The largest absolute Gasteiger partial charge is 0.507 e. The molecular formula is C20H14O2. The van der Waals surface area contributed by atoms with Crippen molar-refractivity contribution in [3.8, 4) is 22.6 Å². The van der Waals surface area contributed by atoms with E-state index in [1.807, 2.05) is 60.7 Å². The van der Waals surface area contributed by atoms with Gasteiger partial charge < -0.3 is 10.2 Å². The van der Waals surface area contributed by atoms with E-state index in [1.165, 1.54) is 0 Å². The molecule has 0 aliphatic heterocycles. The Bertz CT molecular complexity index is 1000. The monoisotopic (exact) mass is 286 g/mol. The van der Waals surface area contributed by atoms with Gasteiger partial charge in [0, 0.05) is 10.9 Å². The number of rotatable bonds is 1. The smallest absolute Gasteiger partial charge is 0.124 e. The Labute approximate surface area is 127 Å². The summed E-state index contributed by atoms with van der Waals surface area (Å²) in [5.41, 5.74) is 1.72. The summed E-state index contributed by atoms with van der Waals surface area (Å²) in [5.74, 6) is 0.494. The molecule has 0 spiro atoms. The lowest BCUT2D eigenvalue weighted by Crippen LogP contribution is -1.85. The van der Waals surface area contributed by atoms with Crippen LogP contribution in [0.1, 0.15) is 0 Å². The summed E-state index contributed by atoms with van der Waals surface area (Å²) in [5, 5.41) is 24.3. The van der Waals surface area contributed by atoms with Gasteiger partial charge in [-0.15, -0.1) is 0 Å². The van der Waals surface area contributed by atoms with Crippen LogP contribution < -0.4 is 0 Å². The van der Waals surface area contributed by atoms with E-state index in [-0.39, 0.29) is 11.5 Å². The molecule has 0 bridgehead atoms. The fraction of sp³-hybridized carbons (Fsp3) is 0. The van der Waals surface area contributed by atoms with Crippen LogP contribution in [-0.2, 0) is 0 Å². The Hall–Kier alpha value is -3.00. The maximum Gasteiger partial charge on any atom is 0.124 e. The van der Waals surface area contributed by atoms with Crippen molar-refractivity contribution in [1.29, 1.82) is 0 Å². The van der Waals surface area contributed by atoms with Crippen molar-refractivity contribution in [3.63, 3.8) is 0 Å². The second-order valence-electron chi connectivity index (χ2n) is 5.36. The number of phenols is 2. The molecule has 0 heterocycles. The van der Waals surface area contributed by atoms with E-state index in [9.17, 15) is 10.2 Å². The van der Waals surface area contributed by atoms with Gasteiger partial charge in [0.25, 0.3) is 0 Å². The summed E-state index contributed by atoms with van der Waals surface area (Å²) in [6.45, 7) is 0. The Kier molecular flexibility index (Phi) is 2.76. The molecule has 22 heavy (non-hydrogen) atoms. The molecule has 2 heteroatoms. The van der Waals surface area contributed by atoms with Gasteiger partial charge in [-0.25, -0.2) is 0 Å². The van der Waals surface area contributed by atoms with Crippen molar-refractivity contribution >= 4 is 21.5 Å². The quantitative estimate of drug-likeness (QED) is 0.513. The standard InChI is InChI=1S/C20H14O2/c21-18-12-10-17(15-7-3-4-8-16(15)18)20-14-6-2-1-5-13(14)9-11-19(20)22/h1-12,21-22H. The maximum absolute atomic E-state index is 10.4. The molecule has 0 aromatic heterocycles. The first kappa shape index (κ1) is 12.7. The minimum absolute atomic E-state index is 0.245. The van der Waals surface area contributed by atoms with Gasteiger partial charge in [-0.05, 0) is 39.9 Å². The van der Waals surface area contributed by atoms with E-state index in [2.05, 4.69) is 0 Å². The topological polar surface area (TPSA) is 40.5 Å². The zero-order valence-corrected chi connectivity index (χ0v) is 11.8. The molecular weight excluding hydrogens is 272 g/mol. The van der Waals surface area contributed by atoms with Crippen LogP contribution in [0.4, 0.5) is 0 Å². The van der Waals surface area contributed by atoms with Crippen molar-refractivity contribution < 1.29 is 10.2 Å². The fourth-order valence-electron chi connectivity index (χ4n) is 3.04. The number of hydrogen-bond acceptors (Lipinski definition) is 2. The van der Waals surface area contributed by atoms with Crippen LogP contribution in [0, 0.1) is 0 Å². The molecule has 0 aliphatic carbocycles. The Morgan fingerprint density at radius 3 is 1.95 bits per heavy atom. The van der Waals surface area contributed by atoms with Gasteiger partial charge in [0.05, 0.1) is 0 Å². The summed E-state index contributed by atoms with van der Waals surface area (Å²) in [7, 11) is 0. The SMILES string of the molecule is Oc1ccc2ccccc2c1-c1ccc(O)c2ccccc12. The normalized spacial score (nSPS) is 11.1. The number of benzene rings is 4. The van der Waals surface area contributed by atoms with Crippen LogP contribution in [0.2, 0.25) is 0 Å². The summed E-state index contributed by atoms with van der Waals surface area (Å²) in [6, 6.07) is 22.8. The van der Waals surface area contributed by atoms with Crippen molar-refractivity contribution in [2.24, 2.45) is 0 Å². The molecule has 0 saturated heterocycles. The van der Waals surface area contributed by atoms with Gasteiger partial charge in [0.2, 0.25) is 0 Å². The Balaban J connectivity index is 2.17. The van der Waals surface area contributed by atoms with Gasteiger partial charge in [0.15, 0.2) is 0 Å². The number of hydrogen-bond donors (Lipinski definition) is 2. The third-order valence-electron chi connectivity index (χ3n) is 4.08. The number of fused-ring (bicyclic) bond motifs is 2. The van der Waals surface area contributed by atoms with Crippen LogP contribution in [0.25, 0.3) is 32.7 Å². The summed E-state index contributed by atoms with van der Waals surface area (Å²) in [6.07, 6.45) is 0. The summed E-state index contributed by atoms with van der Waals surface area (Å²) in [4.78, 5) is 0. The van der Waals surface area contributed by atoms with Crippen molar-refractivity contribution in [2.45, 2.75) is 0 Å². The van der Waals surface area contributed by atoms with Gasteiger partial charge in [-0.3, -0.25) is 0 Å². The van der Waals surface area contributed by atoms with E-state index < -0.39 is 0 Å². The number of phenolic OH excluding ortho intramolecular Hbond substituents is 2. The maximum atomic E-state index is 10.4. The molecule has 4 aromatic carbocycles. The molecule has 4 aromatic rings. The van der Waals surface area contributed by atoms with E-state index in [0.717, 1.165) is 32.7 Å². The average Bonchev–Trinajstić information content (AvgIpc) is 2.56. The molecule has 0 radical (unpaired) electrons. The van der Waals surface area contributed by atoms with Crippen LogP contribution >= 0.6 is 0 Å². The summed E-state index contributed by atoms with van der Waals surface area (Å²) < 4.78 is 0. The van der Waals surface area contributed by atoms with Crippen LogP contribution in [0.15, 0.2) is 72.8 Å². The molecule has 0 amide bonds. The molecule has 0 atom stereocenters. The molecule has 2 N–H and O–H groups in total. The highest BCUT2D eigenvalue weighted by Crippen LogP contribution is 2.41. The summed E-state index contributed by atoms with van der Waals surface area (Å²) >= 11 is 0. The first-order chi connectivity index (χ1) is 10.8. The lowest BCUT2D eigenvalue weighted by atomic mass is 9.93. The van der Waals surface area contributed by atoms with Crippen molar-refractivity contribution in [2.75, 3.05) is 0 Å². The van der Waals surface area contributed by atoms with Crippen LogP contribution in [-0.4, -0.2) is 10.2 Å². The first-order valence-corrected chi connectivity index (χ1v) is 7.17. The van der Waals surface area contributed by atoms with E-state index in [1.54, 1.807) is 12.1 Å². The van der Waals surface area contributed by atoms with Crippen molar-refractivity contribution in [1.82, 2.24) is 0 Å². The molecule has 0 unspecified atom stereocenters. The predicted molar refractivity (Wildman–Crippen MR) is 90.2 cm³/mol. The molecule has 0 aliphatic rings. The molecule has 4 rings (SSSR count). The van der Waals surface area contributed by atoms with Gasteiger partial charge in [-0.1, -0.05) is 54.6 Å². The zero-order chi connectivity index (χ0) is 15.1. The van der Waals surface area contributed by atoms with Crippen LogP contribution in [0.5, 0.6) is 11.5 Å². The van der Waals surface area contributed by atoms with Gasteiger partial charge >= 0.3 is 0 Å². The average molecular weight is 286 g/mol. The minimum atomic E-state index is 0.245. The van der Waals surface area contributed by atoms with Gasteiger partial charge in [0.1, 0.15) is 11.5 Å². The van der Waals surface area contributed by atoms with Crippen molar-refractivity contribution in [3.05, 3.63) is 72.8 Å². The lowest BCUT2D eigenvalue weighted by molar-refractivity contribution is 0.477. The molecule has 0 saturated carbocycles. The second-order valence-corrected chi connectivity index (χ2v) is 5.36. The lowest BCUT2D eigenvalue weighted by Gasteiger charge is -2.13. The fourth-order valence-corrected chi connectivity index (χ4v) is 3.04. The molecule has 2 nitrogen and oxygen atoms in total. The Morgan fingerprint density at radius 1 is 0.500 bits per heavy atom. The van der Waals surface area contributed by atoms with Gasteiger partial charge in [-0.2, -0.15) is 0 Å². The highest BCUT2D eigenvalue weighted by atomic mass is 16.3. The highest BCUT2D eigenvalue weighted by Gasteiger charge is 2.13. The number of aromatic hydroxyl groups is 2. The zero-order valence-electron chi connectivity index (χ0n) is 11.8. The molecule has 0 fully saturated rings. The second kappa shape index (κ2) is 4.78. The minimum Gasteiger partial charge on any atom is -0.507 e.